The minimum atomic E-state index is -0.299. The molecule has 1 heterocycles. The average molecular weight is 589 g/mol. The van der Waals surface area contributed by atoms with Crippen LogP contribution in [0.4, 0.5) is 0 Å². The van der Waals surface area contributed by atoms with Crippen LogP contribution in [0.15, 0.2) is 60.7 Å². The van der Waals surface area contributed by atoms with Gasteiger partial charge in [-0.2, -0.15) is 0 Å². The predicted molar refractivity (Wildman–Crippen MR) is 166 cm³/mol. The van der Waals surface area contributed by atoms with Crippen LogP contribution in [0.1, 0.15) is 69.3 Å². The van der Waals surface area contributed by atoms with Gasteiger partial charge >= 0.3 is 11.9 Å². The molecule has 0 radical (unpaired) electrons. The molecule has 0 amide bonds. The van der Waals surface area contributed by atoms with Crippen LogP contribution in [0.25, 0.3) is 10.8 Å². The molecule has 3 aromatic carbocycles. The minimum absolute atomic E-state index is 0.0402. The zero-order chi connectivity index (χ0) is 30.4. The second kappa shape index (κ2) is 13.9. The molecule has 2 aliphatic rings. The summed E-state index contributed by atoms with van der Waals surface area (Å²) in [6.45, 7) is 11.0. The van der Waals surface area contributed by atoms with Crippen LogP contribution < -0.4 is 9.47 Å². The molecule has 2 fully saturated rings. The Kier molecular flexibility index (Phi) is 10.0. The summed E-state index contributed by atoms with van der Waals surface area (Å²) in [6.07, 6.45) is 4.00. The highest BCUT2D eigenvalue weighted by molar-refractivity contribution is 5.96. The van der Waals surface area contributed by atoms with E-state index in [0.29, 0.717) is 55.3 Å². The highest BCUT2D eigenvalue weighted by Gasteiger charge is 2.39. The van der Waals surface area contributed by atoms with Crippen LogP contribution in [-0.4, -0.2) is 50.1 Å². The smallest absolute Gasteiger partial charge is 0.338 e. The van der Waals surface area contributed by atoms with Gasteiger partial charge in [-0.25, -0.2) is 4.79 Å². The van der Waals surface area contributed by atoms with E-state index in [1.807, 2.05) is 55.5 Å². The molecular weight excluding hydrogens is 544 g/mol. The fourth-order valence-corrected chi connectivity index (χ4v) is 5.76. The lowest BCUT2D eigenvalue weighted by Gasteiger charge is -2.36. The maximum absolute atomic E-state index is 13.0. The Balaban J connectivity index is 1.08. The molecule has 0 aromatic heterocycles. The van der Waals surface area contributed by atoms with E-state index in [1.165, 1.54) is 6.42 Å². The second-order valence-electron chi connectivity index (χ2n) is 12.8. The number of aryl methyl sites for hydroxylation is 1. The molecular formula is C36H44O7. The van der Waals surface area contributed by atoms with E-state index in [0.717, 1.165) is 41.5 Å². The molecule has 3 aromatic rings. The molecule has 7 nitrogen and oxygen atoms in total. The number of hydrogen-bond acceptors (Lipinski definition) is 7. The normalized spacial score (nSPS) is 23.2. The monoisotopic (exact) mass is 588 g/mol. The molecule has 1 saturated carbocycles. The first-order valence-electron chi connectivity index (χ1n) is 15.6. The van der Waals surface area contributed by atoms with Crippen molar-refractivity contribution in [1.82, 2.24) is 0 Å². The number of rotatable bonds is 13. The number of hydrogen-bond donors (Lipinski definition) is 0. The van der Waals surface area contributed by atoms with Crippen LogP contribution in [0.5, 0.6) is 11.5 Å². The first-order valence-corrected chi connectivity index (χ1v) is 15.6. The molecule has 5 rings (SSSR count). The summed E-state index contributed by atoms with van der Waals surface area (Å²) in [5, 5.41) is 1.79. The number of epoxide rings is 1. The van der Waals surface area contributed by atoms with Crippen molar-refractivity contribution in [3.8, 4) is 11.5 Å². The Morgan fingerprint density at radius 1 is 0.953 bits per heavy atom. The Bertz CT molecular complexity index is 1390. The maximum Gasteiger partial charge on any atom is 0.338 e. The van der Waals surface area contributed by atoms with Gasteiger partial charge in [-0.15, -0.1) is 0 Å². The van der Waals surface area contributed by atoms with Crippen molar-refractivity contribution in [2.24, 2.45) is 17.8 Å². The van der Waals surface area contributed by atoms with Gasteiger partial charge in [0.25, 0.3) is 0 Å². The van der Waals surface area contributed by atoms with E-state index < -0.39 is 0 Å². The predicted octanol–water partition coefficient (Wildman–Crippen LogP) is 7.18. The largest absolute Gasteiger partial charge is 0.491 e. The fourth-order valence-electron chi connectivity index (χ4n) is 5.76. The van der Waals surface area contributed by atoms with E-state index >= 15 is 0 Å². The van der Waals surface area contributed by atoms with Crippen molar-refractivity contribution in [2.75, 3.05) is 26.4 Å². The second-order valence-corrected chi connectivity index (χ2v) is 12.8. The van der Waals surface area contributed by atoms with Crippen molar-refractivity contribution in [1.29, 1.82) is 0 Å². The van der Waals surface area contributed by atoms with Gasteiger partial charge in [-0.3, -0.25) is 4.79 Å². The first-order chi connectivity index (χ1) is 20.7. The molecule has 1 aliphatic carbocycles. The Labute approximate surface area is 254 Å². The molecule has 43 heavy (non-hydrogen) atoms. The van der Waals surface area contributed by atoms with Gasteiger partial charge < -0.3 is 23.7 Å². The molecule has 0 bridgehead atoms. The van der Waals surface area contributed by atoms with Crippen LogP contribution in [-0.2, 0) is 25.4 Å². The summed E-state index contributed by atoms with van der Waals surface area (Å²) in [6, 6.07) is 18.7. The number of carbonyl (C=O) groups is 2. The standard InChI is InChI=1S/C36H44O7/c1-24(2)32-15-5-25(3)19-33(32)43-35(38)29-10-9-28-21-31(14-11-27(28)20-29)42-34(37)16-8-26-6-12-30(13-7-26)40-18-17-39-22-36(4)23-41-36/h6-7,9-14,20-21,24-25,32-33H,5,8,15-19,22-23H2,1-4H3. The van der Waals surface area contributed by atoms with Gasteiger partial charge in [0.05, 0.1) is 25.4 Å². The summed E-state index contributed by atoms with van der Waals surface area (Å²) >= 11 is 0. The van der Waals surface area contributed by atoms with Crippen molar-refractivity contribution in [3.05, 3.63) is 71.8 Å². The summed E-state index contributed by atoms with van der Waals surface area (Å²) in [5.74, 6) is 2.13. The molecule has 4 unspecified atom stereocenters. The number of ether oxygens (including phenoxy) is 5. The third kappa shape index (κ3) is 8.80. The first kappa shape index (κ1) is 31.0. The van der Waals surface area contributed by atoms with Gasteiger partial charge in [0.2, 0.25) is 0 Å². The molecule has 4 atom stereocenters. The Hall–Kier alpha value is -3.42. The lowest BCUT2D eigenvalue weighted by Crippen LogP contribution is -2.35. The van der Waals surface area contributed by atoms with E-state index in [9.17, 15) is 9.59 Å². The molecule has 0 spiro atoms. The lowest BCUT2D eigenvalue weighted by atomic mass is 9.75. The van der Waals surface area contributed by atoms with Crippen LogP contribution >= 0.6 is 0 Å². The van der Waals surface area contributed by atoms with Crippen LogP contribution in [0.3, 0.4) is 0 Å². The van der Waals surface area contributed by atoms with Gasteiger partial charge in [0.1, 0.15) is 29.8 Å². The number of fused-ring (bicyclic) bond motifs is 1. The average Bonchev–Trinajstić information content (AvgIpc) is 3.72. The van der Waals surface area contributed by atoms with Crippen molar-refractivity contribution < 1.29 is 33.3 Å². The maximum atomic E-state index is 13.0. The quantitative estimate of drug-likeness (QED) is 0.0905. The molecule has 230 valence electrons. The summed E-state index contributed by atoms with van der Waals surface area (Å²) < 4.78 is 28.2. The van der Waals surface area contributed by atoms with Gasteiger partial charge in [-0.05, 0) is 96.7 Å². The topological polar surface area (TPSA) is 83.6 Å². The highest BCUT2D eigenvalue weighted by Crippen LogP contribution is 2.36. The highest BCUT2D eigenvalue weighted by atomic mass is 16.6. The van der Waals surface area contributed by atoms with E-state index in [2.05, 4.69) is 20.8 Å². The van der Waals surface area contributed by atoms with Crippen molar-refractivity contribution in [3.63, 3.8) is 0 Å². The van der Waals surface area contributed by atoms with E-state index in [1.54, 1.807) is 12.1 Å². The summed E-state index contributed by atoms with van der Waals surface area (Å²) in [4.78, 5) is 25.6. The van der Waals surface area contributed by atoms with Crippen LogP contribution in [0, 0.1) is 17.8 Å². The van der Waals surface area contributed by atoms with Crippen molar-refractivity contribution >= 4 is 22.7 Å². The zero-order valence-electron chi connectivity index (χ0n) is 25.8. The molecule has 1 aliphatic heterocycles. The Morgan fingerprint density at radius 2 is 1.67 bits per heavy atom. The van der Waals surface area contributed by atoms with Crippen LogP contribution in [0.2, 0.25) is 0 Å². The molecule has 0 N–H and O–H groups in total. The van der Waals surface area contributed by atoms with Crippen molar-refractivity contribution in [2.45, 2.75) is 71.5 Å². The molecule has 1 saturated heterocycles. The fraction of sp³-hybridized carbons (Fsp3) is 0.500. The number of esters is 2. The number of carbonyl (C=O) groups excluding carboxylic acids is 2. The summed E-state index contributed by atoms with van der Waals surface area (Å²) in [7, 11) is 0. The zero-order valence-corrected chi connectivity index (χ0v) is 25.8. The minimum Gasteiger partial charge on any atom is -0.491 e. The third-order valence-corrected chi connectivity index (χ3v) is 8.58. The number of benzene rings is 3. The third-order valence-electron chi connectivity index (χ3n) is 8.58. The SMILES string of the molecule is CC1CCC(C(C)C)C(OC(=O)c2ccc3cc(OC(=O)CCc4ccc(OCCOCC5(C)CO5)cc4)ccc3c2)C1. The summed E-state index contributed by atoms with van der Waals surface area (Å²) in [5.41, 5.74) is 1.46. The van der Waals surface area contributed by atoms with E-state index in [-0.39, 0.29) is 30.1 Å². The lowest BCUT2D eigenvalue weighted by molar-refractivity contribution is -0.134. The van der Waals surface area contributed by atoms with E-state index in [4.69, 9.17) is 23.7 Å². The van der Waals surface area contributed by atoms with Gasteiger partial charge in [-0.1, -0.05) is 51.5 Å². The van der Waals surface area contributed by atoms with Gasteiger partial charge in [0, 0.05) is 6.42 Å². The molecule has 7 heteroatoms. The van der Waals surface area contributed by atoms with Gasteiger partial charge in [0.15, 0.2) is 0 Å². The Morgan fingerprint density at radius 3 is 2.42 bits per heavy atom.